The van der Waals surface area contributed by atoms with Gasteiger partial charge in [0.1, 0.15) is 0 Å². The van der Waals surface area contributed by atoms with Crippen molar-refractivity contribution in [1.29, 1.82) is 0 Å². The molecule has 0 aliphatic carbocycles. The summed E-state index contributed by atoms with van der Waals surface area (Å²) in [4.78, 5) is 29.4. The number of likely N-dealkylation sites (tertiary alicyclic amines) is 1. The number of nitrogens with zero attached hydrogens (tertiary/aromatic N) is 2. The zero-order valence-electron chi connectivity index (χ0n) is 15.0. The van der Waals surface area contributed by atoms with E-state index in [0.29, 0.717) is 12.1 Å². The molecule has 25 heavy (non-hydrogen) atoms. The third kappa shape index (κ3) is 4.53. The fourth-order valence-corrected chi connectivity index (χ4v) is 3.64. The molecular formula is C19H28ClN3O2. The van der Waals surface area contributed by atoms with Crippen LogP contribution in [-0.4, -0.2) is 60.4 Å². The van der Waals surface area contributed by atoms with Crippen LogP contribution in [0.4, 0.5) is 0 Å². The maximum Gasteiger partial charge on any atom is 0.253 e. The lowest BCUT2D eigenvalue weighted by Gasteiger charge is -2.39. The van der Waals surface area contributed by atoms with Crippen molar-refractivity contribution in [2.45, 2.75) is 32.7 Å². The van der Waals surface area contributed by atoms with Crippen LogP contribution >= 0.6 is 12.4 Å². The van der Waals surface area contributed by atoms with Crippen molar-refractivity contribution in [3.8, 4) is 0 Å². The highest BCUT2D eigenvalue weighted by Crippen LogP contribution is 2.22. The summed E-state index contributed by atoms with van der Waals surface area (Å²) in [6, 6.07) is 7.90. The summed E-state index contributed by atoms with van der Waals surface area (Å²) >= 11 is 0. The van der Waals surface area contributed by atoms with Crippen molar-refractivity contribution in [2.75, 3.05) is 32.7 Å². The molecule has 2 aliphatic rings. The summed E-state index contributed by atoms with van der Waals surface area (Å²) in [7, 11) is 0. The van der Waals surface area contributed by atoms with Crippen molar-refractivity contribution in [1.82, 2.24) is 15.1 Å². The lowest BCUT2D eigenvalue weighted by molar-refractivity contribution is -0.139. The summed E-state index contributed by atoms with van der Waals surface area (Å²) in [5.41, 5.74) is 1.86. The minimum atomic E-state index is -0.0614. The summed E-state index contributed by atoms with van der Waals surface area (Å²) in [5, 5.41) is 3.32. The van der Waals surface area contributed by atoms with Gasteiger partial charge >= 0.3 is 0 Å². The van der Waals surface area contributed by atoms with Gasteiger partial charge in [-0.05, 0) is 38.8 Å². The number of hydrogen-bond donors (Lipinski definition) is 1. The van der Waals surface area contributed by atoms with Crippen molar-refractivity contribution in [3.05, 3.63) is 35.4 Å². The number of benzene rings is 1. The van der Waals surface area contributed by atoms with E-state index < -0.39 is 0 Å². The summed E-state index contributed by atoms with van der Waals surface area (Å²) in [6.07, 6.45) is 1.78. The molecule has 1 aromatic carbocycles. The number of hydrogen-bond acceptors (Lipinski definition) is 3. The maximum absolute atomic E-state index is 12.9. The number of carbonyl (C=O) groups is 2. The van der Waals surface area contributed by atoms with Crippen LogP contribution in [0.25, 0.3) is 0 Å². The first-order valence-electron chi connectivity index (χ1n) is 8.93. The molecule has 1 N–H and O–H groups in total. The second-order valence-electron chi connectivity index (χ2n) is 7.04. The Balaban J connectivity index is 0.00000225. The van der Waals surface area contributed by atoms with Crippen molar-refractivity contribution < 1.29 is 9.59 Å². The van der Waals surface area contributed by atoms with E-state index in [0.717, 1.165) is 44.6 Å². The lowest BCUT2D eigenvalue weighted by atomic mass is 9.95. The molecule has 0 saturated carbocycles. The highest BCUT2D eigenvalue weighted by molar-refractivity contribution is 5.94. The fraction of sp³-hybridized carbons (Fsp3) is 0.579. The topological polar surface area (TPSA) is 52.7 Å². The van der Waals surface area contributed by atoms with E-state index in [-0.39, 0.29) is 36.2 Å². The highest BCUT2D eigenvalue weighted by Gasteiger charge is 2.33. The Labute approximate surface area is 156 Å². The van der Waals surface area contributed by atoms with Gasteiger partial charge in [0.2, 0.25) is 5.91 Å². The monoisotopic (exact) mass is 365 g/mol. The average molecular weight is 366 g/mol. The molecule has 0 spiro atoms. The molecule has 5 nitrogen and oxygen atoms in total. The summed E-state index contributed by atoms with van der Waals surface area (Å²) in [5.74, 6) is 0.194. The lowest BCUT2D eigenvalue weighted by Crippen LogP contribution is -2.55. The van der Waals surface area contributed by atoms with Crippen LogP contribution in [-0.2, 0) is 4.79 Å². The van der Waals surface area contributed by atoms with Gasteiger partial charge in [0, 0.05) is 44.3 Å². The molecular weight excluding hydrogens is 338 g/mol. The standard InChI is InChI=1S/C19H27N3O2.ClH/c1-14-5-7-16(8-6-14)18(23)21-10-3-4-17(13-21)19(24)22-11-9-20-12-15(22)2;/h5-8,15,17,20H,3-4,9-13H2,1-2H3;1H. The molecule has 2 atom stereocenters. The molecule has 2 amide bonds. The van der Waals surface area contributed by atoms with Gasteiger partial charge in [0.25, 0.3) is 5.91 Å². The Hall–Kier alpha value is -1.59. The molecule has 2 heterocycles. The van der Waals surface area contributed by atoms with Crippen LogP contribution in [0.15, 0.2) is 24.3 Å². The Kier molecular flexibility index (Phi) is 6.85. The number of amides is 2. The number of piperazine rings is 1. The van der Waals surface area contributed by atoms with Crippen LogP contribution in [0.1, 0.15) is 35.7 Å². The van der Waals surface area contributed by atoms with Crippen LogP contribution in [0.2, 0.25) is 0 Å². The van der Waals surface area contributed by atoms with Gasteiger partial charge in [0.15, 0.2) is 0 Å². The molecule has 2 fully saturated rings. The first-order valence-corrected chi connectivity index (χ1v) is 8.93. The Morgan fingerprint density at radius 1 is 1.16 bits per heavy atom. The van der Waals surface area contributed by atoms with Gasteiger partial charge in [-0.15, -0.1) is 12.4 Å². The van der Waals surface area contributed by atoms with E-state index in [1.807, 2.05) is 41.0 Å². The Bertz CT molecular complexity index is 605. The molecule has 6 heteroatoms. The van der Waals surface area contributed by atoms with E-state index in [1.165, 1.54) is 0 Å². The molecule has 2 saturated heterocycles. The Morgan fingerprint density at radius 3 is 2.56 bits per heavy atom. The normalized spacial score (nSPS) is 23.8. The third-order valence-corrected chi connectivity index (χ3v) is 5.14. The number of carbonyl (C=O) groups excluding carboxylic acids is 2. The minimum absolute atomic E-state index is 0. The van der Waals surface area contributed by atoms with Gasteiger partial charge in [0.05, 0.1) is 5.92 Å². The quantitative estimate of drug-likeness (QED) is 0.873. The summed E-state index contributed by atoms with van der Waals surface area (Å²) < 4.78 is 0. The number of piperidine rings is 1. The molecule has 1 aromatic rings. The second kappa shape index (κ2) is 8.68. The number of nitrogens with one attached hydrogen (secondary N) is 1. The van der Waals surface area contributed by atoms with Crippen molar-refractivity contribution in [2.24, 2.45) is 5.92 Å². The fourth-order valence-electron chi connectivity index (χ4n) is 3.64. The van der Waals surface area contributed by atoms with Crippen LogP contribution in [0.3, 0.4) is 0 Å². The Morgan fingerprint density at radius 2 is 1.88 bits per heavy atom. The maximum atomic E-state index is 12.9. The predicted octanol–water partition coefficient (Wildman–Crippen LogP) is 2.09. The van der Waals surface area contributed by atoms with E-state index in [9.17, 15) is 9.59 Å². The SMILES string of the molecule is Cc1ccc(C(=O)N2CCCC(C(=O)N3CCNCC3C)C2)cc1.Cl. The highest BCUT2D eigenvalue weighted by atomic mass is 35.5. The largest absolute Gasteiger partial charge is 0.338 e. The molecule has 0 bridgehead atoms. The predicted molar refractivity (Wildman–Crippen MR) is 101 cm³/mol. The van der Waals surface area contributed by atoms with Crippen LogP contribution in [0.5, 0.6) is 0 Å². The number of halogens is 1. The van der Waals surface area contributed by atoms with E-state index in [1.54, 1.807) is 0 Å². The van der Waals surface area contributed by atoms with Gasteiger partial charge in [-0.2, -0.15) is 0 Å². The van der Waals surface area contributed by atoms with Crippen LogP contribution < -0.4 is 5.32 Å². The van der Waals surface area contributed by atoms with Crippen LogP contribution in [0, 0.1) is 12.8 Å². The number of aryl methyl sites for hydroxylation is 1. The van der Waals surface area contributed by atoms with Gasteiger partial charge in [-0.3, -0.25) is 9.59 Å². The van der Waals surface area contributed by atoms with E-state index in [2.05, 4.69) is 12.2 Å². The smallest absolute Gasteiger partial charge is 0.253 e. The van der Waals surface area contributed by atoms with E-state index in [4.69, 9.17) is 0 Å². The second-order valence-corrected chi connectivity index (χ2v) is 7.04. The van der Waals surface area contributed by atoms with Gasteiger partial charge in [-0.1, -0.05) is 17.7 Å². The zero-order chi connectivity index (χ0) is 17.1. The zero-order valence-corrected chi connectivity index (χ0v) is 15.8. The third-order valence-electron chi connectivity index (χ3n) is 5.14. The first kappa shape index (κ1) is 19.7. The van der Waals surface area contributed by atoms with Gasteiger partial charge < -0.3 is 15.1 Å². The molecule has 0 aromatic heterocycles. The molecule has 2 unspecified atom stereocenters. The first-order chi connectivity index (χ1) is 11.6. The van der Waals surface area contributed by atoms with Gasteiger partial charge in [-0.25, -0.2) is 0 Å². The van der Waals surface area contributed by atoms with Crippen molar-refractivity contribution in [3.63, 3.8) is 0 Å². The van der Waals surface area contributed by atoms with Crippen molar-refractivity contribution >= 4 is 24.2 Å². The van der Waals surface area contributed by atoms with E-state index >= 15 is 0 Å². The summed E-state index contributed by atoms with van der Waals surface area (Å²) in [6.45, 7) is 7.86. The molecule has 2 aliphatic heterocycles. The molecule has 3 rings (SSSR count). The minimum Gasteiger partial charge on any atom is -0.338 e. The number of rotatable bonds is 2. The molecule has 0 radical (unpaired) electrons. The average Bonchev–Trinajstić information content (AvgIpc) is 2.62. The molecule has 138 valence electrons.